The Bertz CT molecular complexity index is 592. The van der Waals surface area contributed by atoms with Gasteiger partial charge in [0.1, 0.15) is 0 Å². The molecule has 22 heavy (non-hydrogen) atoms. The van der Waals surface area contributed by atoms with Gasteiger partial charge in [-0.25, -0.2) is 0 Å². The summed E-state index contributed by atoms with van der Waals surface area (Å²) in [6.45, 7) is 9.72. The van der Waals surface area contributed by atoms with Crippen molar-refractivity contribution < 1.29 is 14.5 Å². The van der Waals surface area contributed by atoms with Crippen molar-refractivity contribution in [1.29, 1.82) is 0 Å². The van der Waals surface area contributed by atoms with Crippen LogP contribution >= 0.6 is 0 Å². The first-order valence-corrected chi connectivity index (χ1v) is 6.99. The van der Waals surface area contributed by atoms with Crippen LogP contribution in [0.5, 0.6) is 0 Å². The largest absolute Gasteiger partial charge is 0.469 e. The van der Waals surface area contributed by atoms with Gasteiger partial charge in [-0.1, -0.05) is 35.9 Å². The minimum atomic E-state index is -0.718. The number of nitro benzene ring substituents is 1. The highest BCUT2D eigenvalue weighted by atomic mass is 16.6. The summed E-state index contributed by atoms with van der Waals surface area (Å²) in [5.74, 6) is -1.21. The van der Waals surface area contributed by atoms with E-state index in [1.165, 1.54) is 13.2 Å². The number of nitro groups is 1. The molecule has 0 radical (unpaired) electrons. The molecule has 0 saturated heterocycles. The second kappa shape index (κ2) is 8.12. The van der Waals surface area contributed by atoms with E-state index in [1.807, 2.05) is 6.92 Å². The topological polar surface area (TPSA) is 69.4 Å². The first kappa shape index (κ1) is 17.6. The molecule has 0 saturated carbocycles. The van der Waals surface area contributed by atoms with Gasteiger partial charge in [-0.2, -0.15) is 0 Å². The van der Waals surface area contributed by atoms with Crippen LogP contribution in [0.15, 0.2) is 48.6 Å². The number of esters is 1. The van der Waals surface area contributed by atoms with Gasteiger partial charge < -0.3 is 4.74 Å². The molecule has 1 unspecified atom stereocenters. The summed E-state index contributed by atoms with van der Waals surface area (Å²) in [4.78, 5) is 22.7. The van der Waals surface area contributed by atoms with Crippen molar-refractivity contribution in [1.82, 2.24) is 0 Å². The van der Waals surface area contributed by atoms with Gasteiger partial charge in [-0.05, 0) is 26.2 Å². The van der Waals surface area contributed by atoms with Crippen LogP contribution in [0.3, 0.4) is 0 Å². The Morgan fingerprint density at radius 1 is 1.32 bits per heavy atom. The van der Waals surface area contributed by atoms with Crippen molar-refractivity contribution >= 4 is 11.7 Å². The molecule has 1 rings (SSSR count). The molecule has 0 amide bonds. The standard InChI is InChI=1S/C17H21NO4/c1-12(2)9-10-13(3)11-15(17(19)22-4)14-7-5-6-8-16(14)18(20)21/h5-8,15H,1,3,9-11H2,2,4H3. The number of rotatable bonds is 8. The van der Waals surface area contributed by atoms with Crippen LogP contribution in [0.4, 0.5) is 5.69 Å². The lowest BCUT2D eigenvalue weighted by molar-refractivity contribution is -0.385. The highest BCUT2D eigenvalue weighted by molar-refractivity contribution is 5.80. The van der Waals surface area contributed by atoms with E-state index in [-0.39, 0.29) is 5.69 Å². The van der Waals surface area contributed by atoms with Crippen LogP contribution < -0.4 is 0 Å². The highest BCUT2D eigenvalue weighted by Crippen LogP contribution is 2.32. The maximum absolute atomic E-state index is 12.1. The van der Waals surface area contributed by atoms with Gasteiger partial charge >= 0.3 is 5.97 Å². The van der Waals surface area contributed by atoms with Crippen LogP contribution in [-0.2, 0) is 9.53 Å². The fraction of sp³-hybridized carbons (Fsp3) is 0.353. The third kappa shape index (κ3) is 4.84. The number of carbonyl (C=O) groups is 1. The van der Waals surface area contributed by atoms with Crippen molar-refractivity contribution in [3.8, 4) is 0 Å². The number of ether oxygens (including phenoxy) is 1. The molecule has 0 aliphatic carbocycles. The first-order chi connectivity index (χ1) is 10.4. The third-order valence-electron chi connectivity index (χ3n) is 3.39. The molecule has 0 spiro atoms. The summed E-state index contributed by atoms with van der Waals surface area (Å²) >= 11 is 0. The van der Waals surface area contributed by atoms with Crippen LogP contribution in [0.25, 0.3) is 0 Å². The molecule has 0 N–H and O–H groups in total. The lowest BCUT2D eigenvalue weighted by Gasteiger charge is -2.16. The predicted molar refractivity (Wildman–Crippen MR) is 85.7 cm³/mol. The van der Waals surface area contributed by atoms with Crippen molar-refractivity contribution in [2.45, 2.75) is 32.1 Å². The maximum atomic E-state index is 12.1. The number of hydrogen-bond acceptors (Lipinski definition) is 4. The Hall–Kier alpha value is -2.43. The molecule has 0 aliphatic rings. The second-order valence-corrected chi connectivity index (χ2v) is 5.30. The molecule has 118 valence electrons. The van der Waals surface area contributed by atoms with Crippen LogP contribution in [0.1, 0.15) is 37.7 Å². The summed E-state index contributed by atoms with van der Waals surface area (Å²) in [5, 5.41) is 11.2. The Morgan fingerprint density at radius 3 is 2.50 bits per heavy atom. The van der Waals surface area contributed by atoms with E-state index >= 15 is 0 Å². The number of methoxy groups -OCH3 is 1. The maximum Gasteiger partial charge on any atom is 0.313 e. The van der Waals surface area contributed by atoms with Crippen LogP contribution in [-0.4, -0.2) is 18.0 Å². The van der Waals surface area contributed by atoms with Crippen molar-refractivity contribution in [3.63, 3.8) is 0 Å². The molecule has 1 atom stereocenters. The molecule has 5 nitrogen and oxygen atoms in total. The van der Waals surface area contributed by atoms with Gasteiger partial charge in [0.15, 0.2) is 0 Å². The molecule has 1 aromatic carbocycles. The van der Waals surface area contributed by atoms with Gasteiger partial charge in [0, 0.05) is 11.6 Å². The van der Waals surface area contributed by atoms with Crippen LogP contribution in [0.2, 0.25) is 0 Å². The van der Waals surface area contributed by atoms with E-state index in [4.69, 9.17) is 4.74 Å². The van der Waals surface area contributed by atoms with Crippen molar-refractivity contribution in [2.24, 2.45) is 0 Å². The minimum Gasteiger partial charge on any atom is -0.469 e. The number of allylic oxidation sites excluding steroid dienone is 2. The predicted octanol–water partition coefficient (Wildman–Crippen LogP) is 4.15. The van der Waals surface area contributed by atoms with Crippen molar-refractivity contribution in [2.75, 3.05) is 7.11 Å². The molecule has 0 heterocycles. The average Bonchev–Trinajstić information content (AvgIpc) is 2.49. The molecule has 0 aromatic heterocycles. The van der Waals surface area contributed by atoms with Gasteiger partial charge in [0.2, 0.25) is 0 Å². The van der Waals surface area contributed by atoms with E-state index in [9.17, 15) is 14.9 Å². The monoisotopic (exact) mass is 303 g/mol. The average molecular weight is 303 g/mol. The molecule has 0 fully saturated rings. The zero-order chi connectivity index (χ0) is 16.7. The molecule has 0 bridgehead atoms. The number of hydrogen-bond donors (Lipinski definition) is 0. The smallest absolute Gasteiger partial charge is 0.313 e. The zero-order valence-electron chi connectivity index (χ0n) is 13.0. The second-order valence-electron chi connectivity index (χ2n) is 5.30. The van der Waals surface area contributed by atoms with Crippen LogP contribution in [0, 0.1) is 10.1 Å². The SMILES string of the molecule is C=C(C)CCC(=C)CC(C(=O)OC)c1ccccc1[N+](=O)[O-]. The quantitative estimate of drug-likeness (QED) is 0.313. The Balaban J connectivity index is 3.04. The fourth-order valence-corrected chi connectivity index (χ4v) is 2.19. The number of benzene rings is 1. The number of carbonyl (C=O) groups excluding carboxylic acids is 1. The van der Waals surface area contributed by atoms with E-state index in [0.717, 1.165) is 17.6 Å². The van der Waals surface area contributed by atoms with Crippen molar-refractivity contribution in [3.05, 3.63) is 64.2 Å². The molecule has 0 aliphatic heterocycles. The lowest BCUT2D eigenvalue weighted by Crippen LogP contribution is -2.16. The van der Waals surface area contributed by atoms with E-state index in [1.54, 1.807) is 18.2 Å². The summed E-state index contributed by atoms with van der Waals surface area (Å²) < 4.78 is 4.81. The van der Waals surface area contributed by atoms with E-state index in [0.29, 0.717) is 18.4 Å². The van der Waals surface area contributed by atoms with Gasteiger partial charge in [0.25, 0.3) is 5.69 Å². The van der Waals surface area contributed by atoms with Gasteiger partial charge in [-0.3, -0.25) is 14.9 Å². The van der Waals surface area contributed by atoms with Gasteiger partial charge in [0.05, 0.1) is 18.0 Å². The molecular weight excluding hydrogens is 282 g/mol. The number of nitrogens with zero attached hydrogens (tertiary/aromatic N) is 1. The first-order valence-electron chi connectivity index (χ1n) is 6.99. The number of para-hydroxylation sites is 1. The van der Waals surface area contributed by atoms with E-state index in [2.05, 4.69) is 13.2 Å². The zero-order valence-corrected chi connectivity index (χ0v) is 13.0. The summed E-state index contributed by atoms with van der Waals surface area (Å²) in [6.07, 6.45) is 1.80. The van der Waals surface area contributed by atoms with E-state index < -0.39 is 16.8 Å². The van der Waals surface area contributed by atoms with Gasteiger partial charge in [-0.15, -0.1) is 6.58 Å². The summed E-state index contributed by atoms with van der Waals surface area (Å²) in [5.41, 5.74) is 2.15. The normalized spacial score (nSPS) is 11.5. The lowest BCUT2D eigenvalue weighted by atomic mass is 9.89. The Labute approximate surface area is 130 Å². The minimum absolute atomic E-state index is 0.0781. The molecular formula is C17H21NO4. The Morgan fingerprint density at radius 2 is 1.95 bits per heavy atom. The Kier molecular flexibility index (Phi) is 6.50. The molecule has 5 heteroatoms. The third-order valence-corrected chi connectivity index (χ3v) is 3.39. The highest BCUT2D eigenvalue weighted by Gasteiger charge is 2.28. The summed E-state index contributed by atoms with van der Waals surface area (Å²) in [6, 6.07) is 6.23. The fourth-order valence-electron chi connectivity index (χ4n) is 2.19. The molecule has 1 aromatic rings. The summed E-state index contributed by atoms with van der Waals surface area (Å²) in [7, 11) is 1.28.